The second kappa shape index (κ2) is 5.21. The molecule has 3 N–H and O–H groups in total. The molecule has 7 atom stereocenters. The molecule has 0 saturated heterocycles. The van der Waals surface area contributed by atoms with E-state index in [1.54, 1.807) is 0 Å². The third-order valence-corrected chi connectivity index (χ3v) is 8.65. The molecule has 3 aliphatic carbocycles. The molecule has 0 aromatic carbocycles. The Morgan fingerprint density at radius 2 is 1.50 bits per heavy atom. The van der Waals surface area contributed by atoms with Gasteiger partial charge in [0.25, 0.3) is 0 Å². The van der Waals surface area contributed by atoms with Crippen LogP contribution in [-0.4, -0.2) is 10.8 Å². The third kappa shape index (κ3) is 2.28. The second-order valence-corrected chi connectivity index (χ2v) is 9.92. The summed E-state index contributed by atoms with van der Waals surface area (Å²) >= 11 is 0. The van der Waals surface area contributed by atoms with E-state index in [9.17, 15) is 5.11 Å². The van der Waals surface area contributed by atoms with Gasteiger partial charge in [0.2, 0.25) is 0 Å². The lowest BCUT2D eigenvalue weighted by molar-refractivity contribution is -0.178. The molecule has 3 rings (SSSR count). The molecule has 2 nitrogen and oxygen atoms in total. The van der Waals surface area contributed by atoms with Gasteiger partial charge in [0.15, 0.2) is 0 Å². The summed E-state index contributed by atoms with van der Waals surface area (Å²) in [5, 5.41) is 11.0. The van der Waals surface area contributed by atoms with Crippen LogP contribution in [0.1, 0.15) is 79.6 Å². The zero-order chi connectivity index (χ0) is 16.3. The normalized spacial score (nSPS) is 55.0. The summed E-state index contributed by atoms with van der Waals surface area (Å²) < 4.78 is 0. The van der Waals surface area contributed by atoms with Crippen LogP contribution in [0.2, 0.25) is 0 Å². The van der Waals surface area contributed by atoms with Crippen molar-refractivity contribution in [2.75, 3.05) is 0 Å². The van der Waals surface area contributed by atoms with E-state index in [2.05, 4.69) is 34.6 Å². The fourth-order valence-corrected chi connectivity index (χ4v) is 6.69. The Kier molecular flexibility index (Phi) is 3.97. The molecule has 0 aliphatic heterocycles. The number of hydrogen-bond donors (Lipinski definition) is 2. The first kappa shape index (κ1) is 16.8. The minimum atomic E-state index is -0.969. The number of hydrogen-bond acceptors (Lipinski definition) is 2. The van der Waals surface area contributed by atoms with Gasteiger partial charge in [-0.05, 0) is 73.5 Å². The van der Waals surface area contributed by atoms with Gasteiger partial charge in [-0.25, -0.2) is 0 Å². The zero-order valence-electron chi connectivity index (χ0n) is 15.4. The highest BCUT2D eigenvalue weighted by molar-refractivity contribution is 5.06. The van der Waals surface area contributed by atoms with Crippen LogP contribution in [0.15, 0.2) is 0 Å². The molecule has 0 aromatic rings. The molecule has 0 aromatic heterocycles. The Morgan fingerprint density at radius 1 is 0.864 bits per heavy atom. The van der Waals surface area contributed by atoms with Gasteiger partial charge in [-0.2, -0.15) is 0 Å². The second-order valence-electron chi connectivity index (χ2n) is 9.92. The van der Waals surface area contributed by atoms with Gasteiger partial charge >= 0.3 is 0 Å². The summed E-state index contributed by atoms with van der Waals surface area (Å²) in [6.45, 7) is 12.2. The first-order valence-corrected chi connectivity index (χ1v) is 9.61. The highest BCUT2D eigenvalue weighted by Gasteiger charge is 2.57. The largest absolute Gasteiger partial charge is 0.376 e. The molecule has 1 unspecified atom stereocenters. The average Bonchev–Trinajstić information content (AvgIpc) is 2.41. The van der Waals surface area contributed by atoms with E-state index >= 15 is 0 Å². The first-order chi connectivity index (χ1) is 10.1. The van der Waals surface area contributed by atoms with Gasteiger partial charge in [0.05, 0.1) is 0 Å². The lowest BCUT2D eigenvalue weighted by atomic mass is 9.47. The molecule has 2 heteroatoms. The molecule has 128 valence electrons. The van der Waals surface area contributed by atoms with Crippen LogP contribution >= 0.6 is 0 Å². The first-order valence-electron chi connectivity index (χ1n) is 9.61. The maximum absolute atomic E-state index is 11.0. The molecule has 0 heterocycles. The van der Waals surface area contributed by atoms with Crippen molar-refractivity contribution in [2.24, 2.45) is 46.2 Å². The van der Waals surface area contributed by atoms with Crippen LogP contribution in [0.25, 0.3) is 0 Å². The molecule has 3 aliphatic rings. The van der Waals surface area contributed by atoms with Gasteiger partial charge in [-0.15, -0.1) is 0 Å². The lowest BCUT2D eigenvalue weighted by Gasteiger charge is -2.60. The predicted octanol–water partition coefficient (Wildman–Crippen LogP) is 4.56. The molecule has 0 spiro atoms. The maximum Gasteiger partial charge on any atom is 0.119 e. The van der Waals surface area contributed by atoms with Crippen molar-refractivity contribution >= 4 is 0 Å². The molecule has 3 fully saturated rings. The van der Waals surface area contributed by atoms with Crippen molar-refractivity contribution in [3.63, 3.8) is 0 Å². The molecule has 0 amide bonds. The molecule has 22 heavy (non-hydrogen) atoms. The summed E-state index contributed by atoms with van der Waals surface area (Å²) in [4.78, 5) is 0. The number of fused-ring (bicyclic) bond motifs is 3. The van der Waals surface area contributed by atoms with Crippen molar-refractivity contribution in [1.82, 2.24) is 0 Å². The Balaban J connectivity index is 1.98. The molecular weight excluding hydrogens is 270 g/mol. The van der Waals surface area contributed by atoms with Crippen LogP contribution in [0.3, 0.4) is 0 Å². The fraction of sp³-hybridized carbons (Fsp3) is 1.00. The number of aliphatic hydroxyl groups is 1. The Labute approximate surface area is 137 Å². The molecule has 2 bridgehead atoms. The van der Waals surface area contributed by atoms with Crippen LogP contribution < -0.4 is 5.73 Å². The SMILES string of the molecule is C[C@@H]1CCC(N)(O)[C@@]2(C)CC[C@H]3[C@H](C)CC[C@@H](C[C@H]12)C3(C)C. The highest BCUT2D eigenvalue weighted by atomic mass is 16.3. The number of rotatable bonds is 0. The summed E-state index contributed by atoms with van der Waals surface area (Å²) in [7, 11) is 0. The fourth-order valence-electron chi connectivity index (χ4n) is 6.69. The average molecular weight is 308 g/mol. The predicted molar refractivity (Wildman–Crippen MR) is 92.1 cm³/mol. The molecule has 0 radical (unpaired) electrons. The van der Waals surface area contributed by atoms with Crippen LogP contribution in [0.5, 0.6) is 0 Å². The summed E-state index contributed by atoms with van der Waals surface area (Å²) in [6.07, 6.45) is 8.23. The summed E-state index contributed by atoms with van der Waals surface area (Å²) in [5.74, 6) is 3.68. The minimum absolute atomic E-state index is 0.102. The van der Waals surface area contributed by atoms with E-state index in [0.717, 1.165) is 37.0 Å². The minimum Gasteiger partial charge on any atom is -0.376 e. The van der Waals surface area contributed by atoms with Crippen LogP contribution in [0, 0.1) is 40.4 Å². The van der Waals surface area contributed by atoms with Gasteiger partial charge in [-0.1, -0.05) is 41.0 Å². The zero-order valence-corrected chi connectivity index (χ0v) is 15.4. The van der Waals surface area contributed by atoms with Gasteiger partial charge < -0.3 is 10.8 Å². The summed E-state index contributed by atoms with van der Waals surface area (Å²) in [5.41, 5.74) is 5.83. The van der Waals surface area contributed by atoms with Crippen molar-refractivity contribution in [2.45, 2.75) is 85.3 Å². The highest BCUT2D eigenvalue weighted by Crippen LogP contribution is 2.61. The maximum atomic E-state index is 11.0. The summed E-state index contributed by atoms with van der Waals surface area (Å²) in [6, 6.07) is 0. The standard InChI is InChI=1S/C20H37NO/c1-13-6-7-15-12-17-14(2)8-11-20(21,22)19(17,5)10-9-16(13)18(15,3)4/h13-17,22H,6-12,21H2,1-5H3/t13-,14-,15+,16+,17-,19+,20?/m1/s1. The van der Waals surface area contributed by atoms with Crippen molar-refractivity contribution < 1.29 is 5.11 Å². The molecular formula is C20H37NO. The topological polar surface area (TPSA) is 46.2 Å². The Hall–Kier alpha value is -0.0800. The quantitative estimate of drug-likeness (QED) is 0.644. The smallest absolute Gasteiger partial charge is 0.119 e. The van der Waals surface area contributed by atoms with E-state index in [1.165, 1.54) is 25.7 Å². The van der Waals surface area contributed by atoms with E-state index < -0.39 is 5.72 Å². The van der Waals surface area contributed by atoms with Crippen LogP contribution in [0.4, 0.5) is 0 Å². The molecule has 3 saturated carbocycles. The monoisotopic (exact) mass is 307 g/mol. The van der Waals surface area contributed by atoms with Crippen LogP contribution in [-0.2, 0) is 0 Å². The van der Waals surface area contributed by atoms with Crippen molar-refractivity contribution in [3.05, 3.63) is 0 Å². The van der Waals surface area contributed by atoms with Crippen molar-refractivity contribution in [3.8, 4) is 0 Å². The van der Waals surface area contributed by atoms with E-state index in [4.69, 9.17) is 5.73 Å². The Morgan fingerprint density at radius 3 is 2.18 bits per heavy atom. The third-order valence-electron chi connectivity index (χ3n) is 8.65. The van der Waals surface area contributed by atoms with Crippen molar-refractivity contribution in [1.29, 1.82) is 0 Å². The lowest BCUT2D eigenvalue weighted by Crippen LogP contribution is -2.63. The van der Waals surface area contributed by atoms with Gasteiger partial charge in [0.1, 0.15) is 5.72 Å². The Bertz CT molecular complexity index is 429. The van der Waals surface area contributed by atoms with Gasteiger partial charge in [-0.3, -0.25) is 0 Å². The van der Waals surface area contributed by atoms with E-state index in [-0.39, 0.29) is 5.41 Å². The van der Waals surface area contributed by atoms with E-state index in [1.807, 2.05) is 0 Å². The van der Waals surface area contributed by atoms with Gasteiger partial charge in [0, 0.05) is 5.41 Å². The van der Waals surface area contributed by atoms with E-state index in [0.29, 0.717) is 17.3 Å². The number of nitrogens with two attached hydrogens (primary N) is 1.